The highest BCUT2D eigenvalue weighted by molar-refractivity contribution is 5.97. The molecule has 0 radical (unpaired) electrons. The number of aromatic nitrogens is 2. The molecule has 0 saturated carbocycles. The number of benzene rings is 2. The minimum atomic E-state index is -0.122. The molecule has 1 saturated heterocycles. The Balaban J connectivity index is 1.44. The van der Waals surface area contributed by atoms with Crippen molar-refractivity contribution in [2.45, 2.75) is 12.5 Å². The van der Waals surface area contributed by atoms with Gasteiger partial charge in [0, 0.05) is 27.1 Å². The Bertz CT molecular complexity index is 1010. The standard InChI is InChI=1S/C23H24N4O3/c1-26(2)21-14-24-15-22(25-21)30-18-12-13-27(16-18)23(28)19-10-6-7-11-20(19)29-17-8-4-3-5-9-17/h3-11,14-15,18H,12-13,16H2,1-2H3. The summed E-state index contributed by atoms with van der Waals surface area (Å²) in [4.78, 5) is 25.4. The molecule has 1 aliphatic heterocycles. The molecule has 1 aromatic heterocycles. The van der Waals surface area contributed by atoms with Crippen molar-refractivity contribution in [3.8, 4) is 17.4 Å². The van der Waals surface area contributed by atoms with Gasteiger partial charge in [-0.05, 0) is 24.3 Å². The Hall–Kier alpha value is -3.61. The fourth-order valence-electron chi connectivity index (χ4n) is 3.31. The van der Waals surface area contributed by atoms with Gasteiger partial charge in [0.2, 0.25) is 5.88 Å². The van der Waals surface area contributed by atoms with Crippen LogP contribution in [0.1, 0.15) is 16.8 Å². The number of hydrogen-bond acceptors (Lipinski definition) is 6. The number of para-hydroxylation sites is 2. The third-order valence-electron chi connectivity index (χ3n) is 4.87. The number of ether oxygens (including phenoxy) is 2. The maximum absolute atomic E-state index is 13.2. The Morgan fingerprint density at radius 1 is 1.07 bits per heavy atom. The zero-order valence-corrected chi connectivity index (χ0v) is 17.1. The number of carbonyl (C=O) groups excluding carboxylic acids is 1. The van der Waals surface area contributed by atoms with Gasteiger partial charge < -0.3 is 19.3 Å². The minimum absolute atomic E-state index is 0.0687. The van der Waals surface area contributed by atoms with E-state index in [1.807, 2.05) is 67.5 Å². The highest BCUT2D eigenvalue weighted by Gasteiger charge is 2.30. The van der Waals surface area contributed by atoms with Crippen LogP contribution in [0.3, 0.4) is 0 Å². The fourth-order valence-corrected chi connectivity index (χ4v) is 3.31. The molecule has 30 heavy (non-hydrogen) atoms. The topological polar surface area (TPSA) is 67.8 Å². The van der Waals surface area contributed by atoms with Crippen LogP contribution in [0.4, 0.5) is 5.82 Å². The van der Waals surface area contributed by atoms with E-state index in [1.165, 1.54) is 0 Å². The Kier molecular flexibility index (Phi) is 5.79. The van der Waals surface area contributed by atoms with Gasteiger partial charge in [-0.3, -0.25) is 9.78 Å². The zero-order valence-electron chi connectivity index (χ0n) is 17.1. The number of amides is 1. The summed E-state index contributed by atoms with van der Waals surface area (Å²) in [6.07, 6.45) is 3.89. The molecule has 7 heteroatoms. The van der Waals surface area contributed by atoms with Crippen LogP contribution in [0.5, 0.6) is 17.4 Å². The molecule has 2 aromatic carbocycles. The first-order chi connectivity index (χ1) is 14.6. The molecule has 154 valence electrons. The molecule has 1 amide bonds. The number of anilines is 1. The molecule has 0 spiro atoms. The second-order valence-corrected chi connectivity index (χ2v) is 7.30. The summed E-state index contributed by atoms with van der Waals surface area (Å²) in [7, 11) is 3.80. The molecule has 0 N–H and O–H groups in total. The quantitative estimate of drug-likeness (QED) is 0.625. The van der Waals surface area contributed by atoms with E-state index in [4.69, 9.17) is 9.47 Å². The summed E-state index contributed by atoms with van der Waals surface area (Å²) < 4.78 is 11.9. The largest absolute Gasteiger partial charge is 0.471 e. The van der Waals surface area contributed by atoms with Crippen molar-refractivity contribution in [3.05, 3.63) is 72.6 Å². The Morgan fingerprint density at radius 2 is 1.83 bits per heavy atom. The monoisotopic (exact) mass is 404 g/mol. The molecule has 0 aliphatic carbocycles. The zero-order chi connectivity index (χ0) is 20.9. The summed E-state index contributed by atoms with van der Waals surface area (Å²) in [5, 5.41) is 0. The second-order valence-electron chi connectivity index (χ2n) is 7.30. The molecule has 1 aliphatic rings. The van der Waals surface area contributed by atoms with Crippen molar-refractivity contribution >= 4 is 11.7 Å². The van der Waals surface area contributed by atoms with Crippen molar-refractivity contribution in [1.82, 2.24) is 14.9 Å². The number of rotatable bonds is 6. The molecule has 2 heterocycles. The van der Waals surface area contributed by atoms with Crippen LogP contribution >= 0.6 is 0 Å². The molecule has 3 aromatic rings. The van der Waals surface area contributed by atoms with Gasteiger partial charge in [0.25, 0.3) is 5.91 Å². The first-order valence-corrected chi connectivity index (χ1v) is 9.87. The summed E-state index contributed by atoms with van der Waals surface area (Å²) >= 11 is 0. The van der Waals surface area contributed by atoms with Crippen molar-refractivity contribution in [2.24, 2.45) is 0 Å². The van der Waals surface area contributed by atoms with Gasteiger partial charge in [0.15, 0.2) is 5.82 Å². The van der Waals surface area contributed by atoms with Crippen LogP contribution < -0.4 is 14.4 Å². The van der Waals surface area contributed by atoms with Crippen molar-refractivity contribution in [2.75, 3.05) is 32.1 Å². The van der Waals surface area contributed by atoms with E-state index in [1.54, 1.807) is 23.4 Å². The molecule has 4 rings (SSSR count). The predicted molar refractivity (Wildman–Crippen MR) is 114 cm³/mol. The predicted octanol–water partition coefficient (Wildman–Crippen LogP) is 3.63. The first kappa shape index (κ1) is 19.7. The van der Waals surface area contributed by atoms with Gasteiger partial charge in [-0.25, -0.2) is 0 Å². The van der Waals surface area contributed by atoms with Crippen molar-refractivity contribution in [1.29, 1.82) is 0 Å². The van der Waals surface area contributed by atoms with Crippen LogP contribution in [0.2, 0.25) is 0 Å². The fraction of sp³-hybridized carbons (Fsp3) is 0.261. The van der Waals surface area contributed by atoms with Crippen LogP contribution in [0.15, 0.2) is 67.0 Å². The van der Waals surface area contributed by atoms with E-state index in [0.717, 1.165) is 12.2 Å². The molecule has 0 bridgehead atoms. The van der Waals surface area contributed by atoms with E-state index in [0.29, 0.717) is 36.0 Å². The van der Waals surface area contributed by atoms with Gasteiger partial charge in [0.05, 0.1) is 24.5 Å². The lowest BCUT2D eigenvalue weighted by molar-refractivity contribution is 0.0768. The summed E-state index contributed by atoms with van der Waals surface area (Å²) in [6.45, 7) is 1.11. The molecular weight excluding hydrogens is 380 g/mol. The Labute approximate surface area is 175 Å². The average Bonchev–Trinajstić information content (AvgIpc) is 3.23. The lowest BCUT2D eigenvalue weighted by atomic mass is 10.1. The smallest absolute Gasteiger partial charge is 0.257 e. The number of carbonyl (C=O) groups is 1. The molecule has 7 nitrogen and oxygen atoms in total. The lowest BCUT2D eigenvalue weighted by Gasteiger charge is -2.19. The maximum Gasteiger partial charge on any atom is 0.257 e. The second kappa shape index (κ2) is 8.82. The van der Waals surface area contributed by atoms with E-state index < -0.39 is 0 Å². The van der Waals surface area contributed by atoms with Crippen molar-refractivity contribution < 1.29 is 14.3 Å². The van der Waals surface area contributed by atoms with Gasteiger partial charge in [-0.1, -0.05) is 30.3 Å². The lowest BCUT2D eigenvalue weighted by Crippen LogP contribution is -2.31. The third kappa shape index (κ3) is 4.51. The highest BCUT2D eigenvalue weighted by atomic mass is 16.5. The van der Waals surface area contributed by atoms with E-state index in [2.05, 4.69) is 9.97 Å². The molecule has 1 unspecified atom stereocenters. The molecular formula is C23H24N4O3. The number of nitrogens with zero attached hydrogens (tertiary/aromatic N) is 4. The van der Waals surface area contributed by atoms with Crippen LogP contribution in [-0.4, -0.2) is 54.1 Å². The normalized spacial score (nSPS) is 15.7. The van der Waals surface area contributed by atoms with Gasteiger partial charge in [-0.2, -0.15) is 4.98 Å². The van der Waals surface area contributed by atoms with Gasteiger partial charge in [0.1, 0.15) is 17.6 Å². The van der Waals surface area contributed by atoms with Gasteiger partial charge >= 0.3 is 0 Å². The van der Waals surface area contributed by atoms with Gasteiger partial charge in [-0.15, -0.1) is 0 Å². The number of hydrogen-bond donors (Lipinski definition) is 0. The third-order valence-corrected chi connectivity index (χ3v) is 4.87. The van der Waals surface area contributed by atoms with Crippen LogP contribution in [0, 0.1) is 0 Å². The highest BCUT2D eigenvalue weighted by Crippen LogP contribution is 2.27. The number of likely N-dealkylation sites (tertiary alicyclic amines) is 1. The molecule has 1 atom stereocenters. The van der Waals surface area contributed by atoms with Crippen molar-refractivity contribution in [3.63, 3.8) is 0 Å². The summed E-state index contributed by atoms with van der Waals surface area (Å²) in [6, 6.07) is 16.8. The van der Waals surface area contributed by atoms with Crippen LogP contribution in [0.25, 0.3) is 0 Å². The summed E-state index contributed by atoms with van der Waals surface area (Å²) in [5.41, 5.74) is 0.538. The SMILES string of the molecule is CN(C)c1cncc(OC2CCN(C(=O)c3ccccc3Oc3ccccc3)C2)n1. The van der Waals surface area contributed by atoms with E-state index in [-0.39, 0.29) is 12.0 Å². The van der Waals surface area contributed by atoms with E-state index in [9.17, 15) is 4.79 Å². The van der Waals surface area contributed by atoms with E-state index >= 15 is 0 Å². The Morgan fingerprint density at radius 3 is 2.63 bits per heavy atom. The summed E-state index contributed by atoms with van der Waals surface area (Å²) in [5.74, 6) is 2.36. The average molecular weight is 404 g/mol. The first-order valence-electron chi connectivity index (χ1n) is 9.87. The van der Waals surface area contributed by atoms with Crippen LogP contribution in [-0.2, 0) is 0 Å². The molecule has 1 fully saturated rings. The maximum atomic E-state index is 13.2. The minimum Gasteiger partial charge on any atom is -0.471 e.